The molecule has 150 valence electrons. The number of aryl methyl sites for hydroxylation is 1. The van der Waals surface area contributed by atoms with Crippen LogP contribution in [-0.2, 0) is 4.79 Å². The van der Waals surface area contributed by atoms with Crippen molar-refractivity contribution in [2.24, 2.45) is 5.92 Å². The number of carbonyl (C=O) groups is 2. The van der Waals surface area contributed by atoms with Gasteiger partial charge in [0.05, 0.1) is 11.5 Å². The first kappa shape index (κ1) is 21.7. The molecular weight excluding hydrogens is 348 g/mol. The van der Waals surface area contributed by atoms with Gasteiger partial charge in [-0.2, -0.15) is 0 Å². The Hall–Kier alpha value is -2.62. The molecule has 2 rings (SSSR count). The number of nitrogens with one attached hydrogen (secondary N) is 1. The van der Waals surface area contributed by atoms with E-state index < -0.39 is 5.54 Å². The van der Waals surface area contributed by atoms with Gasteiger partial charge in [-0.1, -0.05) is 68.3 Å². The highest BCUT2D eigenvalue weighted by Crippen LogP contribution is 2.28. The summed E-state index contributed by atoms with van der Waals surface area (Å²) in [6, 6.07) is 17.2. The Labute approximate surface area is 168 Å². The SMILES string of the molecule is CCC(C)C(C(=O)NN(C(=O)c1cccc(C)c1)C(C)(C)C)c1ccccc1. The lowest BCUT2D eigenvalue weighted by Gasteiger charge is -2.37. The molecule has 0 heterocycles. The number of hydrogen-bond donors (Lipinski definition) is 1. The summed E-state index contributed by atoms with van der Waals surface area (Å²) in [5, 5.41) is 1.46. The molecule has 0 saturated carbocycles. The largest absolute Gasteiger partial charge is 0.273 e. The van der Waals surface area contributed by atoms with Crippen molar-refractivity contribution in [3.63, 3.8) is 0 Å². The van der Waals surface area contributed by atoms with Crippen molar-refractivity contribution < 1.29 is 9.59 Å². The summed E-state index contributed by atoms with van der Waals surface area (Å²) in [6.45, 7) is 11.9. The number of benzene rings is 2. The molecule has 2 aromatic carbocycles. The van der Waals surface area contributed by atoms with Crippen LogP contribution in [-0.4, -0.2) is 22.4 Å². The molecule has 2 aromatic rings. The van der Waals surface area contributed by atoms with E-state index in [4.69, 9.17) is 0 Å². The molecule has 0 fully saturated rings. The molecule has 0 radical (unpaired) electrons. The van der Waals surface area contributed by atoms with Gasteiger partial charge >= 0.3 is 0 Å². The first-order valence-corrected chi connectivity index (χ1v) is 9.91. The number of carbonyl (C=O) groups excluding carboxylic acids is 2. The molecule has 0 spiro atoms. The first-order chi connectivity index (χ1) is 13.1. The molecule has 4 heteroatoms. The van der Waals surface area contributed by atoms with Gasteiger partial charge in [-0.25, -0.2) is 5.01 Å². The van der Waals surface area contributed by atoms with Crippen molar-refractivity contribution in [3.05, 3.63) is 71.3 Å². The van der Waals surface area contributed by atoms with Gasteiger partial charge in [-0.15, -0.1) is 0 Å². The highest BCUT2D eigenvalue weighted by molar-refractivity contribution is 5.96. The van der Waals surface area contributed by atoms with Crippen LogP contribution in [0.25, 0.3) is 0 Å². The summed E-state index contributed by atoms with van der Waals surface area (Å²) in [5.74, 6) is -0.531. The van der Waals surface area contributed by atoms with Crippen LogP contribution in [0.2, 0.25) is 0 Å². The predicted molar refractivity (Wildman–Crippen MR) is 114 cm³/mol. The molecule has 2 amide bonds. The zero-order valence-corrected chi connectivity index (χ0v) is 17.8. The van der Waals surface area contributed by atoms with Crippen LogP contribution in [0.15, 0.2) is 54.6 Å². The maximum atomic E-state index is 13.3. The van der Waals surface area contributed by atoms with E-state index in [0.29, 0.717) is 5.56 Å². The van der Waals surface area contributed by atoms with E-state index in [0.717, 1.165) is 17.5 Å². The number of nitrogens with zero attached hydrogens (tertiary/aromatic N) is 1. The third-order valence-corrected chi connectivity index (χ3v) is 5.02. The fraction of sp³-hybridized carbons (Fsp3) is 0.417. The molecule has 28 heavy (non-hydrogen) atoms. The van der Waals surface area contributed by atoms with Crippen molar-refractivity contribution in [1.82, 2.24) is 10.4 Å². The van der Waals surface area contributed by atoms with Crippen molar-refractivity contribution in [2.75, 3.05) is 0 Å². The van der Waals surface area contributed by atoms with Crippen molar-refractivity contribution >= 4 is 11.8 Å². The summed E-state index contributed by atoms with van der Waals surface area (Å²) in [4.78, 5) is 26.5. The smallest absolute Gasteiger partial charge is 0.272 e. The minimum absolute atomic E-state index is 0.151. The highest BCUT2D eigenvalue weighted by Gasteiger charge is 2.33. The highest BCUT2D eigenvalue weighted by atomic mass is 16.2. The maximum Gasteiger partial charge on any atom is 0.272 e. The molecule has 2 atom stereocenters. The van der Waals surface area contributed by atoms with Gasteiger partial charge in [0, 0.05) is 5.56 Å². The van der Waals surface area contributed by atoms with E-state index in [2.05, 4.69) is 19.3 Å². The van der Waals surface area contributed by atoms with E-state index in [1.54, 1.807) is 6.07 Å². The summed E-state index contributed by atoms with van der Waals surface area (Å²) in [7, 11) is 0. The summed E-state index contributed by atoms with van der Waals surface area (Å²) >= 11 is 0. The minimum Gasteiger partial charge on any atom is -0.273 e. The van der Waals surface area contributed by atoms with E-state index in [9.17, 15) is 9.59 Å². The van der Waals surface area contributed by atoms with Crippen LogP contribution in [0.3, 0.4) is 0 Å². The first-order valence-electron chi connectivity index (χ1n) is 9.91. The van der Waals surface area contributed by atoms with Gasteiger partial charge in [-0.3, -0.25) is 15.0 Å². The monoisotopic (exact) mass is 380 g/mol. The van der Waals surface area contributed by atoms with Crippen LogP contribution in [0.5, 0.6) is 0 Å². The third kappa shape index (κ3) is 5.22. The number of rotatable bonds is 5. The molecule has 4 nitrogen and oxygen atoms in total. The lowest BCUT2D eigenvalue weighted by Crippen LogP contribution is -2.57. The Morgan fingerprint density at radius 1 is 1.04 bits per heavy atom. The van der Waals surface area contributed by atoms with E-state index in [1.807, 2.05) is 76.2 Å². The Kier molecular flexibility index (Phi) is 7.00. The number of amides is 2. The second-order valence-corrected chi connectivity index (χ2v) is 8.43. The van der Waals surface area contributed by atoms with Gasteiger partial charge in [0.1, 0.15) is 0 Å². The van der Waals surface area contributed by atoms with E-state index in [1.165, 1.54) is 5.01 Å². The maximum absolute atomic E-state index is 13.3. The normalized spacial score (nSPS) is 13.5. The van der Waals surface area contributed by atoms with Gasteiger partial charge in [0.25, 0.3) is 5.91 Å². The molecule has 0 aromatic heterocycles. The molecule has 0 bridgehead atoms. The average Bonchev–Trinajstić information content (AvgIpc) is 2.65. The standard InChI is InChI=1S/C24H32N2O2/c1-7-18(3)21(19-13-9-8-10-14-19)22(27)25-26(24(4,5)6)23(28)20-15-11-12-17(2)16-20/h8-16,18,21H,7H2,1-6H3,(H,25,27). The van der Waals surface area contributed by atoms with Gasteiger partial charge in [-0.05, 0) is 51.3 Å². The Morgan fingerprint density at radius 3 is 2.21 bits per heavy atom. The number of hydrazine groups is 1. The fourth-order valence-electron chi connectivity index (χ4n) is 3.24. The second-order valence-electron chi connectivity index (χ2n) is 8.43. The quantitative estimate of drug-likeness (QED) is 0.734. The zero-order valence-electron chi connectivity index (χ0n) is 17.8. The predicted octanol–water partition coefficient (Wildman–Crippen LogP) is 5.10. The van der Waals surface area contributed by atoms with E-state index >= 15 is 0 Å². The Bertz CT molecular complexity index is 809. The minimum atomic E-state index is -0.562. The topological polar surface area (TPSA) is 49.4 Å². The molecule has 0 aliphatic carbocycles. The zero-order chi connectivity index (χ0) is 20.9. The van der Waals surface area contributed by atoms with Crippen LogP contribution >= 0.6 is 0 Å². The molecule has 0 saturated heterocycles. The fourth-order valence-corrected chi connectivity index (χ4v) is 3.24. The van der Waals surface area contributed by atoms with Crippen molar-refractivity contribution in [1.29, 1.82) is 0 Å². The summed E-state index contributed by atoms with van der Waals surface area (Å²) in [5.41, 5.74) is 4.91. The van der Waals surface area contributed by atoms with Crippen molar-refractivity contribution in [3.8, 4) is 0 Å². The Balaban J connectivity index is 2.35. The lowest BCUT2D eigenvalue weighted by atomic mass is 9.85. The third-order valence-electron chi connectivity index (χ3n) is 5.02. The van der Waals surface area contributed by atoms with Gasteiger partial charge in [0.15, 0.2) is 0 Å². The van der Waals surface area contributed by atoms with Gasteiger partial charge < -0.3 is 0 Å². The lowest BCUT2D eigenvalue weighted by molar-refractivity contribution is -0.129. The van der Waals surface area contributed by atoms with Gasteiger partial charge in [0.2, 0.25) is 5.91 Å². The van der Waals surface area contributed by atoms with Crippen molar-refractivity contribution in [2.45, 2.75) is 59.4 Å². The molecule has 0 aliphatic rings. The molecule has 0 aliphatic heterocycles. The number of hydrogen-bond acceptors (Lipinski definition) is 2. The Morgan fingerprint density at radius 2 is 1.68 bits per heavy atom. The van der Waals surface area contributed by atoms with Crippen LogP contribution in [0.4, 0.5) is 0 Å². The molecule has 2 unspecified atom stereocenters. The van der Waals surface area contributed by atoms with Crippen LogP contribution in [0, 0.1) is 12.8 Å². The molecule has 1 N–H and O–H groups in total. The van der Waals surface area contributed by atoms with Crippen LogP contribution < -0.4 is 5.43 Å². The second kappa shape index (κ2) is 9.05. The van der Waals surface area contributed by atoms with Crippen LogP contribution in [0.1, 0.15) is 68.4 Å². The molecular formula is C24H32N2O2. The summed E-state index contributed by atoms with van der Waals surface area (Å²) < 4.78 is 0. The van der Waals surface area contributed by atoms with E-state index in [-0.39, 0.29) is 23.7 Å². The average molecular weight is 381 g/mol. The summed E-state index contributed by atoms with van der Waals surface area (Å²) in [6.07, 6.45) is 0.869.